The van der Waals surface area contributed by atoms with Gasteiger partial charge in [0.05, 0.1) is 0 Å². The number of nitrogens with one attached hydrogen (secondary N) is 1. The van der Waals surface area contributed by atoms with Crippen molar-refractivity contribution in [1.82, 2.24) is 0 Å². The van der Waals surface area contributed by atoms with Gasteiger partial charge >= 0.3 is 0 Å². The van der Waals surface area contributed by atoms with Crippen LogP contribution in [-0.2, 0) is 9.53 Å². The Hall–Kier alpha value is -1.62. The fraction of sp³-hybridized carbons (Fsp3) is 0.417. The van der Waals surface area contributed by atoms with E-state index in [0.717, 1.165) is 0 Å². The quantitative estimate of drug-likeness (QED) is 0.833. The smallest absolute Gasteiger partial charge is 0.243 e. The van der Waals surface area contributed by atoms with Crippen molar-refractivity contribution in [1.29, 1.82) is 0 Å². The second-order valence-corrected chi connectivity index (χ2v) is 4.19. The lowest BCUT2D eigenvalue weighted by Gasteiger charge is -2.35. The van der Waals surface area contributed by atoms with Crippen molar-refractivity contribution < 1.29 is 13.9 Å². The number of hydrogen-bond acceptors (Lipinski definition) is 3. The largest absolute Gasteiger partial charge is 0.381 e. The Kier molecular flexibility index (Phi) is 3.28. The molecule has 1 heterocycles. The molecule has 0 radical (unpaired) electrons. The third-order valence-corrected chi connectivity index (χ3v) is 3.03. The van der Waals surface area contributed by atoms with E-state index in [2.05, 4.69) is 5.32 Å². The summed E-state index contributed by atoms with van der Waals surface area (Å²) in [6.07, 6.45) is 0.998. The molecule has 3 N–H and O–H groups in total. The van der Waals surface area contributed by atoms with Crippen molar-refractivity contribution >= 4 is 11.6 Å². The molecule has 0 saturated carbocycles. The van der Waals surface area contributed by atoms with Crippen LogP contribution in [0, 0.1) is 5.82 Å². The molecule has 0 atom stereocenters. The number of rotatable bonds is 3. The molecule has 1 aliphatic heterocycles. The van der Waals surface area contributed by atoms with Crippen LogP contribution in [0.1, 0.15) is 12.8 Å². The first kappa shape index (κ1) is 11.9. The Morgan fingerprint density at radius 3 is 2.71 bits per heavy atom. The van der Waals surface area contributed by atoms with Crippen molar-refractivity contribution in [2.24, 2.45) is 5.73 Å². The van der Waals surface area contributed by atoms with Gasteiger partial charge in [0.25, 0.3) is 0 Å². The predicted molar refractivity (Wildman–Crippen MR) is 62.0 cm³/mol. The van der Waals surface area contributed by atoms with Crippen LogP contribution in [0.5, 0.6) is 0 Å². The molecule has 0 unspecified atom stereocenters. The van der Waals surface area contributed by atoms with Gasteiger partial charge in [-0.15, -0.1) is 0 Å². The van der Waals surface area contributed by atoms with E-state index in [9.17, 15) is 9.18 Å². The minimum Gasteiger partial charge on any atom is -0.381 e. The van der Waals surface area contributed by atoms with E-state index < -0.39 is 11.4 Å². The van der Waals surface area contributed by atoms with Crippen LogP contribution in [-0.4, -0.2) is 24.7 Å². The summed E-state index contributed by atoms with van der Waals surface area (Å²) in [4.78, 5) is 11.6. The summed E-state index contributed by atoms with van der Waals surface area (Å²) in [7, 11) is 0. The van der Waals surface area contributed by atoms with Crippen LogP contribution in [0.3, 0.4) is 0 Å². The lowest BCUT2D eigenvalue weighted by molar-refractivity contribution is -0.125. The third kappa shape index (κ3) is 2.55. The first-order chi connectivity index (χ1) is 8.12. The highest BCUT2D eigenvalue weighted by molar-refractivity contribution is 5.88. The second-order valence-electron chi connectivity index (χ2n) is 4.19. The summed E-state index contributed by atoms with van der Waals surface area (Å²) in [6.45, 7) is 0.955. The van der Waals surface area contributed by atoms with Crippen molar-refractivity contribution in [3.63, 3.8) is 0 Å². The monoisotopic (exact) mass is 238 g/mol. The highest BCUT2D eigenvalue weighted by Crippen LogP contribution is 2.26. The maximum Gasteiger partial charge on any atom is 0.243 e. The molecule has 5 heteroatoms. The van der Waals surface area contributed by atoms with E-state index in [1.807, 2.05) is 0 Å². The number of halogens is 1. The third-order valence-electron chi connectivity index (χ3n) is 3.03. The van der Waals surface area contributed by atoms with E-state index in [1.165, 1.54) is 12.1 Å². The standard InChI is InChI=1S/C12H15FN2O2/c13-9-2-1-3-10(8-9)15-12(11(14)16)4-6-17-7-5-12/h1-3,8,15H,4-7H2,(H2,14,16). The van der Waals surface area contributed by atoms with Gasteiger partial charge in [0.15, 0.2) is 0 Å². The van der Waals surface area contributed by atoms with Crippen LogP contribution in [0.15, 0.2) is 24.3 Å². The van der Waals surface area contributed by atoms with Gasteiger partial charge in [-0.1, -0.05) is 6.07 Å². The van der Waals surface area contributed by atoms with Crippen LogP contribution in [0.2, 0.25) is 0 Å². The fourth-order valence-electron chi connectivity index (χ4n) is 2.00. The number of carbonyl (C=O) groups excluding carboxylic acids is 1. The molecule has 1 amide bonds. The minimum absolute atomic E-state index is 0.346. The van der Waals surface area contributed by atoms with Gasteiger partial charge in [-0.3, -0.25) is 4.79 Å². The van der Waals surface area contributed by atoms with E-state index in [1.54, 1.807) is 12.1 Å². The maximum atomic E-state index is 13.1. The molecule has 0 spiro atoms. The number of amides is 1. The van der Waals surface area contributed by atoms with Crippen molar-refractivity contribution in [3.8, 4) is 0 Å². The molecule has 0 aromatic heterocycles. The fourth-order valence-corrected chi connectivity index (χ4v) is 2.00. The lowest BCUT2D eigenvalue weighted by Crippen LogP contribution is -2.53. The Labute approximate surface area is 98.9 Å². The highest BCUT2D eigenvalue weighted by atomic mass is 19.1. The molecule has 2 rings (SSSR count). The normalized spacial score (nSPS) is 18.6. The summed E-state index contributed by atoms with van der Waals surface area (Å²) in [5, 5.41) is 3.04. The SMILES string of the molecule is NC(=O)C1(Nc2cccc(F)c2)CCOCC1. The number of ether oxygens (including phenoxy) is 1. The van der Waals surface area contributed by atoms with E-state index in [0.29, 0.717) is 31.7 Å². The maximum absolute atomic E-state index is 13.1. The number of hydrogen-bond donors (Lipinski definition) is 2. The molecule has 0 aliphatic carbocycles. The Morgan fingerprint density at radius 1 is 1.41 bits per heavy atom. The van der Waals surface area contributed by atoms with E-state index >= 15 is 0 Å². The Bertz CT molecular complexity index is 417. The first-order valence-corrected chi connectivity index (χ1v) is 5.54. The zero-order valence-corrected chi connectivity index (χ0v) is 9.41. The minimum atomic E-state index is -0.827. The number of primary amides is 1. The van der Waals surface area contributed by atoms with Crippen LogP contribution >= 0.6 is 0 Å². The van der Waals surface area contributed by atoms with Crippen molar-refractivity contribution in [2.75, 3.05) is 18.5 Å². The molecule has 4 nitrogen and oxygen atoms in total. The van der Waals surface area contributed by atoms with Crippen LogP contribution in [0.4, 0.5) is 10.1 Å². The van der Waals surface area contributed by atoms with Gasteiger partial charge < -0.3 is 15.8 Å². The molecule has 1 aliphatic rings. The molecule has 1 fully saturated rings. The van der Waals surface area contributed by atoms with Crippen molar-refractivity contribution in [2.45, 2.75) is 18.4 Å². The second kappa shape index (κ2) is 4.71. The van der Waals surface area contributed by atoms with Gasteiger partial charge in [-0.25, -0.2) is 4.39 Å². The Balaban J connectivity index is 2.20. The summed E-state index contributed by atoms with van der Waals surface area (Å²) in [5.74, 6) is -0.772. The van der Waals surface area contributed by atoms with Gasteiger partial charge in [0.1, 0.15) is 11.4 Å². The first-order valence-electron chi connectivity index (χ1n) is 5.54. The molecule has 1 saturated heterocycles. The van der Waals surface area contributed by atoms with Crippen molar-refractivity contribution in [3.05, 3.63) is 30.1 Å². The topological polar surface area (TPSA) is 64.4 Å². The summed E-state index contributed by atoms with van der Waals surface area (Å²) >= 11 is 0. The highest BCUT2D eigenvalue weighted by Gasteiger charge is 2.38. The van der Waals surface area contributed by atoms with Gasteiger partial charge in [-0.2, -0.15) is 0 Å². The lowest BCUT2D eigenvalue weighted by atomic mass is 9.89. The molecule has 0 bridgehead atoms. The average Bonchev–Trinajstić information content (AvgIpc) is 2.30. The van der Waals surface area contributed by atoms with Gasteiger partial charge in [-0.05, 0) is 18.2 Å². The molecule has 92 valence electrons. The number of nitrogens with two attached hydrogens (primary N) is 1. The summed E-state index contributed by atoms with van der Waals surface area (Å²) in [6, 6.07) is 6.00. The molecular weight excluding hydrogens is 223 g/mol. The molecule has 17 heavy (non-hydrogen) atoms. The predicted octanol–water partition coefficient (Wildman–Crippen LogP) is 1.27. The average molecular weight is 238 g/mol. The van der Waals surface area contributed by atoms with Crippen LogP contribution < -0.4 is 11.1 Å². The number of benzene rings is 1. The zero-order valence-electron chi connectivity index (χ0n) is 9.41. The summed E-state index contributed by atoms with van der Waals surface area (Å²) in [5.41, 5.74) is 5.17. The van der Waals surface area contributed by atoms with Gasteiger partial charge in [0.2, 0.25) is 5.91 Å². The van der Waals surface area contributed by atoms with Crippen LogP contribution in [0.25, 0.3) is 0 Å². The number of carbonyl (C=O) groups is 1. The molecule has 1 aromatic rings. The van der Waals surface area contributed by atoms with Gasteiger partial charge in [0, 0.05) is 31.7 Å². The van der Waals surface area contributed by atoms with E-state index in [4.69, 9.17) is 10.5 Å². The molecule has 1 aromatic carbocycles. The summed E-state index contributed by atoms with van der Waals surface area (Å²) < 4.78 is 18.3. The van der Waals surface area contributed by atoms with E-state index in [-0.39, 0.29) is 5.82 Å². The zero-order chi connectivity index (χ0) is 12.3. The number of anilines is 1. The Morgan fingerprint density at radius 2 is 2.12 bits per heavy atom. The molecular formula is C12H15FN2O2.